The van der Waals surface area contributed by atoms with Crippen LogP contribution in [0.4, 0.5) is 4.79 Å². The Morgan fingerprint density at radius 2 is 1.74 bits per heavy atom. The second kappa shape index (κ2) is 11.2. The van der Waals surface area contributed by atoms with Gasteiger partial charge in [0.2, 0.25) is 15.9 Å². The van der Waals surface area contributed by atoms with Crippen LogP contribution in [0.15, 0.2) is 29.2 Å². The maximum Gasteiger partial charge on any atom is 0.410 e. The number of carboxylic acid groups (broad SMARTS) is 1. The zero-order valence-corrected chi connectivity index (χ0v) is 21.2. The zero-order valence-electron chi connectivity index (χ0n) is 20.4. The first-order chi connectivity index (χ1) is 15.7. The largest absolute Gasteiger partial charge is 0.480 e. The summed E-state index contributed by atoms with van der Waals surface area (Å²) in [6, 6.07) is 5.09. The molecule has 2 rings (SSSR count). The topological polar surface area (TPSA) is 133 Å². The van der Waals surface area contributed by atoms with Crippen LogP contribution in [0.2, 0.25) is 0 Å². The second-order valence-electron chi connectivity index (χ2n) is 9.68. The van der Waals surface area contributed by atoms with E-state index >= 15 is 0 Å². The molecule has 34 heavy (non-hydrogen) atoms. The van der Waals surface area contributed by atoms with Crippen molar-refractivity contribution in [3.63, 3.8) is 0 Å². The Hall–Kier alpha value is -2.66. The lowest BCUT2D eigenvalue weighted by atomic mass is 9.90. The predicted molar refractivity (Wildman–Crippen MR) is 126 cm³/mol. The molecule has 0 radical (unpaired) electrons. The Morgan fingerprint density at radius 3 is 2.24 bits per heavy atom. The summed E-state index contributed by atoms with van der Waals surface area (Å²) in [5.74, 6) is -1.89. The third-order valence-corrected chi connectivity index (χ3v) is 7.38. The number of rotatable bonds is 8. The molecule has 2 amide bonds. The minimum Gasteiger partial charge on any atom is -0.480 e. The summed E-state index contributed by atoms with van der Waals surface area (Å²) in [6.07, 6.45) is 0.964. The zero-order chi connectivity index (χ0) is 25.7. The number of benzene rings is 1. The molecule has 0 aromatic heterocycles. The minimum absolute atomic E-state index is 0.00546. The lowest BCUT2D eigenvalue weighted by Crippen LogP contribution is -2.48. The van der Waals surface area contributed by atoms with E-state index in [2.05, 4.69) is 5.32 Å². The molecule has 1 fully saturated rings. The number of likely N-dealkylation sites (N-methyl/N-ethyl adjacent to an activating group) is 1. The quantitative estimate of drug-likeness (QED) is 0.562. The number of nitrogens with zero attached hydrogens (tertiary/aromatic N) is 2. The van der Waals surface area contributed by atoms with Gasteiger partial charge < -0.3 is 20.1 Å². The fraction of sp³-hybridized carbons (Fsp3) is 0.609. The van der Waals surface area contributed by atoms with Crippen molar-refractivity contribution >= 4 is 28.0 Å². The van der Waals surface area contributed by atoms with E-state index < -0.39 is 46.2 Å². The van der Waals surface area contributed by atoms with Gasteiger partial charge in [0, 0.05) is 20.1 Å². The van der Waals surface area contributed by atoms with Crippen LogP contribution in [0, 0.1) is 12.8 Å². The summed E-state index contributed by atoms with van der Waals surface area (Å²) in [7, 11) is -2.61. The number of amides is 2. The molecule has 1 heterocycles. The summed E-state index contributed by atoms with van der Waals surface area (Å²) in [4.78, 5) is 38.1. The highest BCUT2D eigenvalue weighted by Gasteiger charge is 2.31. The number of sulfonamides is 1. The summed E-state index contributed by atoms with van der Waals surface area (Å²) in [6.45, 7) is 7.59. The fourth-order valence-corrected chi connectivity index (χ4v) is 4.78. The summed E-state index contributed by atoms with van der Waals surface area (Å²) < 4.78 is 31.6. The van der Waals surface area contributed by atoms with Crippen molar-refractivity contribution in [1.82, 2.24) is 14.5 Å². The first-order valence-electron chi connectivity index (χ1n) is 11.2. The van der Waals surface area contributed by atoms with Gasteiger partial charge in [-0.3, -0.25) is 4.79 Å². The van der Waals surface area contributed by atoms with E-state index in [4.69, 9.17) is 4.74 Å². The van der Waals surface area contributed by atoms with Crippen molar-refractivity contribution in [2.45, 2.75) is 63.5 Å². The maximum absolute atomic E-state index is 12.7. The van der Waals surface area contributed by atoms with Crippen molar-refractivity contribution in [2.75, 3.05) is 26.7 Å². The maximum atomic E-state index is 12.7. The number of hydrogen-bond acceptors (Lipinski definition) is 6. The summed E-state index contributed by atoms with van der Waals surface area (Å²) in [5, 5.41) is 12.0. The van der Waals surface area contributed by atoms with E-state index in [-0.39, 0.29) is 17.2 Å². The third kappa shape index (κ3) is 7.98. The Kier molecular flexibility index (Phi) is 9.07. The number of carbonyl (C=O) groups is 3. The lowest BCUT2D eigenvalue weighted by molar-refractivity contribution is -0.142. The van der Waals surface area contributed by atoms with Crippen molar-refractivity contribution in [3.8, 4) is 0 Å². The van der Waals surface area contributed by atoms with E-state index in [0.29, 0.717) is 25.9 Å². The second-order valence-corrected chi connectivity index (χ2v) is 11.7. The van der Waals surface area contributed by atoms with E-state index in [9.17, 15) is 27.9 Å². The molecule has 0 spiro atoms. The standard InChI is InChI=1S/C23H35N3O7S/c1-16-6-8-18(9-7-16)34(31,32)25(5)15-20(27)24-19(21(28)29)14-17-10-12-26(13-11-17)22(30)33-23(2,3)4/h6-9,17,19H,10-15H2,1-5H3,(H,24,27)(H,28,29). The van der Waals surface area contributed by atoms with Gasteiger partial charge in [0.1, 0.15) is 11.6 Å². The van der Waals surface area contributed by atoms with E-state index in [1.54, 1.807) is 37.8 Å². The van der Waals surface area contributed by atoms with Crippen molar-refractivity contribution in [2.24, 2.45) is 5.92 Å². The molecule has 0 saturated carbocycles. The highest BCUT2D eigenvalue weighted by atomic mass is 32.2. The van der Waals surface area contributed by atoms with Crippen LogP contribution in [0.5, 0.6) is 0 Å². The highest BCUT2D eigenvalue weighted by Crippen LogP contribution is 2.24. The molecule has 11 heteroatoms. The number of aliphatic carboxylic acids is 1. The SMILES string of the molecule is Cc1ccc(S(=O)(=O)N(C)CC(=O)NC(CC2CCN(C(=O)OC(C)(C)C)CC2)C(=O)O)cc1. The van der Waals surface area contributed by atoms with Crippen LogP contribution >= 0.6 is 0 Å². The average Bonchev–Trinajstić information content (AvgIpc) is 2.72. The number of nitrogens with one attached hydrogen (secondary N) is 1. The molecule has 0 aliphatic carbocycles. The normalized spacial score (nSPS) is 16.2. The van der Waals surface area contributed by atoms with Gasteiger partial charge in [-0.15, -0.1) is 0 Å². The number of aryl methyl sites for hydroxylation is 1. The average molecular weight is 498 g/mol. The van der Waals surface area contributed by atoms with Gasteiger partial charge in [-0.2, -0.15) is 4.31 Å². The molecular weight excluding hydrogens is 462 g/mol. The van der Waals surface area contributed by atoms with Gasteiger partial charge in [0.05, 0.1) is 11.4 Å². The highest BCUT2D eigenvalue weighted by molar-refractivity contribution is 7.89. The molecule has 1 unspecified atom stereocenters. The van der Waals surface area contributed by atoms with Gasteiger partial charge in [0.15, 0.2) is 0 Å². The predicted octanol–water partition coefficient (Wildman–Crippen LogP) is 2.22. The number of carboxylic acids is 1. The first-order valence-corrected chi connectivity index (χ1v) is 12.7. The smallest absolute Gasteiger partial charge is 0.410 e. The Morgan fingerprint density at radius 1 is 1.18 bits per heavy atom. The molecule has 10 nitrogen and oxygen atoms in total. The summed E-state index contributed by atoms with van der Waals surface area (Å²) >= 11 is 0. The van der Waals surface area contributed by atoms with E-state index in [0.717, 1.165) is 9.87 Å². The molecule has 1 aromatic carbocycles. The molecule has 1 aliphatic heterocycles. The molecule has 190 valence electrons. The molecule has 0 bridgehead atoms. The Labute approximate surface area is 201 Å². The molecule has 1 saturated heterocycles. The van der Waals surface area contributed by atoms with Gasteiger partial charge in [-0.05, 0) is 65.0 Å². The van der Waals surface area contributed by atoms with E-state index in [1.165, 1.54) is 19.2 Å². The van der Waals surface area contributed by atoms with Crippen LogP contribution in [0.1, 0.15) is 45.6 Å². The van der Waals surface area contributed by atoms with Crippen LogP contribution in [0.25, 0.3) is 0 Å². The van der Waals surface area contributed by atoms with Gasteiger partial charge in [0.25, 0.3) is 0 Å². The van der Waals surface area contributed by atoms with E-state index in [1.807, 2.05) is 6.92 Å². The van der Waals surface area contributed by atoms with Crippen LogP contribution in [0.3, 0.4) is 0 Å². The number of carbonyl (C=O) groups excluding carboxylic acids is 2. The summed E-state index contributed by atoms with van der Waals surface area (Å²) in [5.41, 5.74) is 0.313. The lowest BCUT2D eigenvalue weighted by Gasteiger charge is -2.34. The Bertz CT molecular complexity index is 979. The van der Waals surface area contributed by atoms with Gasteiger partial charge in [-0.25, -0.2) is 18.0 Å². The van der Waals surface area contributed by atoms with Crippen LogP contribution in [-0.2, 0) is 24.3 Å². The third-order valence-electron chi connectivity index (χ3n) is 5.56. The number of ether oxygens (including phenoxy) is 1. The fourth-order valence-electron chi connectivity index (χ4n) is 3.65. The first kappa shape index (κ1) is 27.6. The van der Waals surface area contributed by atoms with Gasteiger partial charge >= 0.3 is 12.1 Å². The van der Waals surface area contributed by atoms with Crippen molar-refractivity contribution in [1.29, 1.82) is 0 Å². The van der Waals surface area contributed by atoms with Crippen LogP contribution in [-0.4, -0.2) is 79.0 Å². The minimum atomic E-state index is -3.89. The molecule has 1 aliphatic rings. The number of likely N-dealkylation sites (tertiary alicyclic amines) is 1. The molecule has 1 atom stereocenters. The van der Waals surface area contributed by atoms with Crippen molar-refractivity contribution < 1.29 is 32.6 Å². The number of hydrogen-bond donors (Lipinski definition) is 2. The number of piperidine rings is 1. The molecule has 1 aromatic rings. The van der Waals surface area contributed by atoms with Crippen LogP contribution < -0.4 is 5.32 Å². The monoisotopic (exact) mass is 497 g/mol. The van der Waals surface area contributed by atoms with Gasteiger partial charge in [-0.1, -0.05) is 17.7 Å². The molecule has 2 N–H and O–H groups in total. The van der Waals surface area contributed by atoms with Crippen molar-refractivity contribution in [3.05, 3.63) is 29.8 Å². The molecular formula is C23H35N3O7S. The Balaban J connectivity index is 1.90.